The molecule has 0 radical (unpaired) electrons. The number of ether oxygens (including phenoxy) is 2. The van der Waals surface area contributed by atoms with Crippen LogP contribution in [0.25, 0.3) is 0 Å². The molecule has 2 heterocycles. The van der Waals surface area contributed by atoms with Gasteiger partial charge in [0.25, 0.3) is 5.91 Å². The zero-order chi connectivity index (χ0) is 24.0. The molecular formula is C20H18ClF3N4O5. The van der Waals surface area contributed by atoms with E-state index >= 15 is 0 Å². The second kappa shape index (κ2) is 10.5. The fourth-order valence-electron chi connectivity index (χ4n) is 2.96. The molecule has 1 aliphatic rings. The molecule has 0 saturated carbocycles. The number of nitrogens with zero attached hydrogens (tertiary/aromatic N) is 1. The molecule has 13 heteroatoms. The van der Waals surface area contributed by atoms with Crippen LogP contribution < -0.4 is 16.0 Å². The van der Waals surface area contributed by atoms with Crippen molar-refractivity contribution in [3.8, 4) is 0 Å². The van der Waals surface area contributed by atoms with Gasteiger partial charge >= 0.3 is 18.2 Å². The first-order valence-electron chi connectivity index (χ1n) is 9.61. The highest BCUT2D eigenvalue weighted by Crippen LogP contribution is 2.22. The van der Waals surface area contributed by atoms with Crippen LogP contribution in [0.1, 0.15) is 16.8 Å². The van der Waals surface area contributed by atoms with Crippen LogP contribution >= 0.6 is 11.6 Å². The van der Waals surface area contributed by atoms with Crippen LogP contribution in [-0.2, 0) is 14.3 Å². The smallest absolute Gasteiger partial charge is 0.450 e. The Labute approximate surface area is 190 Å². The molecule has 2 aromatic rings. The standard InChI is InChI=1S/C20H18ClF3N4O5/c21-11-5-6-16(26-9-11)28-17(29)12-3-1-2-4-13(12)27-19(31)33-14-7-8-25-10-15(14)32-18(30)20(22,23)24/h1-6,9,14-15,25H,7-8,10H2,(H,27,31)(H,26,28,29). The van der Waals surface area contributed by atoms with Gasteiger partial charge in [0, 0.05) is 19.2 Å². The van der Waals surface area contributed by atoms with Gasteiger partial charge in [-0.2, -0.15) is 13.2 Å². The molecular weight excluding hydrogens is 469 g/mol. The molecule has 0 aliphatic carbocycles. The van der Waals surface area contributed by atoms with E-state index in [1.54, 1.807) is 12.1 Å². The van der Waals surface area contributed by atoms with E-state index in [1.807, 2.05) is 0 Å². The highest BCUT2D eigenvalue weighted by atomic mass is 35.5. The molecule has 2 amide bonds. The van der Waals surface area contributed by atoms with Gasteiger partial charge in [-0.25, -0.2) is 14.6 Å². The van der Waals surface area contributed by atoms with E-state index in [1.165, 1.54) is 30.5 Å². The number of nitrogens with one attached hydrogen (secondary N) is 3. The minimum absolute atomic E-state index is 0.0801. The average Bonchev–Trinajstić information content (AvgIpc) is 2.76. The Morgan fingerprint density at radius 3 is 2.52 bits per heavy atom. The van der Waals surface area contributed by atoms with E-state index in [9.17, 15) is 27.6 Å². The number of esters is 1. The third-order valence-electron chi connectivity index (χ3n) is 4.49. The van der Waals surface area contributed by atoms with E-state index in [2.05, 4.69) is 25.7 Å². The SMILES string of the molecule is O=C(Nc1ccccc1C(=O)Nc1ccc(Cl)cn1)OC1CCNCC1OC(=O)C(F)(F)F. The molecule has 0 spiro atoms. The second-order valence-corrected chi connectivity index (χ2v) is 7.30. The van der Waals surface area contributed by atoms with Crippen LogP contribution in [0.15, 0.2) is 42.6 Å². The summed E-state index contributed by atoms with van der Waals surface area (Å²) in [5, 5.41) is 8.10. The van der Waals surface area contributed by atoms with Gasteiger partial charge in [0.05, 0.1) is 16.3 Å². The summed E-state index contributed by atoms with van der Waals surface area (Å²) in [6.45, 7) is 0.220. The quantitative estimate of drug-likeness (QED) is 0.554. The van der Waals surface area contributed by atoms with Crippen molar-refractivity contribution in [3.63, 3.8) is 0 Å². The lowest BCUT2D eigenvalue weighted by atomic mass is 10.1. The van der Waals surface area contributed by atoms with Crippen LogP contribution in [-0.4, -0.2) is 54.4 Å². The first-order valence-corrected chi connectivity index (χ1v) is 9.99. The van der Waals surface area contributed by atoms with Crippen molar-refractivity contribution < 1.29 is 37.0 Å². The van der Waals surface area contributed by atoms with Crippen LogP contribution in [0.2, 0.25) is 5.02 Å². The Morgan fingerprint density at radius 2 is 1.82 bits per heavy atom. The van der Waals surface area contributed by atoms with E-state index < -0.39 is 36.4 Å². The number of halogens is 4. The number of rotatable bonds is 5. The summed E-state index contributed by atoms with van der Waals surface area (Å²) < 4.78 is 47.2. The molecule has 1 fully saturated rings. The number of anilines is 2. The third kappa shape index (κ3) is 6.80. The van der Waals surface area contributed by atoms with Gasteiger partial charge in [-0.3, -0.25) is 10.1 Å². The number of carbonyl (C=O) groups is 3. The molecule has 1 aromatic carbocycles. The molecule has 3 rings (SSSR count). The topological polar surface area (TPSA) is 119 Å². The van der Waals surface area contributed by atoms with Crippen LogP contribution in [0.5, 0.6) is 0 Å². The van der Waals surface area contributed by atoms with E-state index in [4.69, 9.17) is 16.3 Å². The van der Waals surface area contributed by atoms with Crippen molar-refractivity contribution in [1.29, 1.82) is 0 Å². The number of alkyl halides is 3. The fourth-order valence-corrected chi connectivity index (χ4v) is 3.07. The van der Waals surface area contributed by atoms with Gasteiger partial charge < -0.3 is 20.1 Å². The Balaban J connectivity index is 1.65. The van der Waals surface area contributed by atoms with E-state index in [0.717, 1.165) is 0 Å². The lowest BCUT2D eigenvalue weighted by Crippen LogP contribution is -2.50. The predicted octanol–water partition coefficient (Wildman–Crippen LogP) is 3.37. The van der Waals surface area contributed by atoms with Gasteiger partial charge in [-0.05, 0) is 30.8 Å². The maximum Gasteiger partial charge on any atom is 0.490 e. The second-order valence-electron chi connectivity index (χ2n) is 6.86. The van der Waals surface area contributed by atoms with Crippen LogP contribution in [0.3, 0.4) is 0 Å². The maximum absolute atomic E-state index is 12.6. The summed E-state index contributed by atoms with van der Waals surface area (Å²) in [7, 11) is 0. The van der Waals surface area contributed by atoms with Gasteiger partial charge in [0.2, 0.25) is 0 Å². The number of benzene rings is 1. The third-order valence-corrected chi connectivity index (χ3v) is 4.72. The number of amides is 2. The van der Waals surface area contributed by atoms with E-state index in [0.29, 0.717) is 11.6 Å². The van der Waals surface area contributed by atoms with Crippen molar-refractivity contribution in [1.82, 2.24) is 10.3 Å². The van der Waals surface area contributed by atoms with Crippen molar-refractivity contribution >= 4 is 41.1 Å². The Kier molecular flexibility index (Phi) is 7.71. The average molecular weight is 487 g/mol. The summed E-state index contributed by atoms with van der Waals surface area (Å²) in [4.78, 5) is 40.1. The Bertz CT molecular complexity index is 1020. The molecule has 33 heavy (non-hydrogen) atoms. The maximum atomic E-state index is 12.6. The summed E-state index contributed by atoms with van der Waals surface area (Å²) in [6, 6.07) is 9.04. The van der Waals surface area contributed by atoms with Crippen molar-refractivity contribution in [2.75, 3.05) is 23.7 Å². The normalized spacial score (nSPS) is 18.2. The summed E-state index contributed by atoms with van der Waals surface area (Å²) in [5.74, 6) is -2.73. The zero-order valence-corrected chi connectivity index (χ0v) is 17.6. The zero-order valence-electron chi connectivity index (χ0n) is 16.8. The van der Waals surface area contributed by atoms with Gasteiger partial charge in [-0.15, -0.1) is 0 Å². The summed E-state index contributed by atoms with van der Waals surface area (Å²) >= 11 is 5.76. The highest BCUT2D eigenvalue weighted by Gasteiger charge is 2.44. The van der Waals surface area contributed by atoms with Crippen LogP contribution in [0.4, 0.5) is 29.5 Å². The first kappa shape index (κ1) is 24.3. The van der Waals surface area contributed by atoms with Gasteiger partial charge in [0.1, 0.15) is 11.9 Å². The fraction of sp³-hybridized carbons (Fsp3) is 0.300. The molecule has 9 nitrogen and oxygen atoms in total. The number of para-hydroxylation sites is 1. The lowest BCUT2D eigenvalue weighted by molar-refractivity contribution is -0.209. The molecule has 2 unspecified atom stereocenters. The van der Waals surface area contributed by atoms with Crippen molar-refractivity contribution in [2.45, 2.75) is 24.8 Å². The molecule has 2 atom stereocenters. The molecule has 1 saturated heterocycles. The molecule has 0 bridgehead atoms. The summed E-state index contributed by atoms with van der Waals surface area (Å²) in [5.41, 5.74) is 0.170. The number of aromatic nitrogens is 1. The Hall–Kier alpha value is -3.38. The van der Waals surface area contributed by atoms with Gasteiger partial charge in [0.15, 0.2) is 6.10 Å². The Morgan fingerprint density at radius 1 is 1.06 bits per heavy atom. The molecule has 176 valence electrons. The number of piperidine rings is 1. The molecule has 3 N–H and O–H groups in total. The molecule has 1 aromatic heterocycles. The van der Waals surface area contributed by atoms with Crippen molar-refractivity contribution in [2.24, 2.45) is 0 Å². The summed E-state index contributed by atoms with van der Waals surface area (Å²) in [6.07, 6.45) is -7.17. The number of pyridine rings is 1. The van der Waals surface area contributed by atoms with E-state index in [-0.39, 0.29) is 30.0 Å². The van der Waals surface area contributed by atoms with Crippen molar-refractivity contribution in [3.05, 3.63) is 53.2 Å². The van der Waals surface area contributed by atoms with Gasteiger partial charge in [-0.1, -0.05) is 23.7 Å². The molecule has 1 aliphatic heterocycles. The minimum atomic E-state index is -5.17. The monoisotopic (exact) mass is 486 g/mol. The largest absolute Gasteiger partial charge is 0.490 e. The predicted molar refractivity (Wildman–Crippen MR) is 111 cm³/mol. The number of hydrogen-bond acceptors (Lipinski definition) is 7. The van der Waals surface area contributed by atoms with Crippen LogP contribution in [0, 0.1) is 0 Å². The lowest BCUT2D eigenvalue weighted by Gasteiger charge is -2.31. The highest BCUT2D eigenvalue weighted by molar-refractivity contribution is 6.30. The number of carbonyl (C=O) groups excluding carboxylic acids is 3. The number of hydrogen-bond donors (Lipinski definition) is 3. The first-order chi connectivity index (χ1) is 15.6. The minimum Gasteiger partial charge on any atom is -0.450 e.